The van der Waals surface area contributed by atoms with Crippen LogP contribution in [0.4, 0.5) is 0 Å². The number of carboxylic acid groups (broad SMARTS) is 1. The number of Topliss-reactive ketones (excluding diaryl/α,β-unsaturated/α-hetero) is 2. The van der Waals surface area contributed by atoms with Gasteiger partial charge in [0.15, 0.2) is 17.0 Å². The first-order valence-electron chi connectivity index (χ1n) is 16.6. The van der Waals surface area contributed by atoms with Crippen LogP contribution in [-0.2, 0) is 25.5 Å². The number of methoxy groups -OCH3 is 1. The molecular formula is C39H46O9. The number of hydrogen-bond acceptors (Lipinski definition) is 8. The molecule has 2 fully saturated rings. The maximum Gasteiger partial charge on any atom is 0.330 e. The summed E-state index contributed by atoms with van der Waals surface area (Å²) < 4.78 is 26.6. The summed E-state index contributed by atoms with van der Waals surface area (Å²) in [4.78, 5) is 41.5. The summed E-state index contributed by atoms with van der Waals surface area (Å²) in [6, 6.07) is 0. The zero-order chi connectivity index (χ0) is 35.2. The van der Waals surface area contributed by atoms with Gasteiger partial charge in [-0.15, -0.1) is 0 Å². The van der Waals surface area contributed by atoms with Gasteiger partial charge in [0.2, 0.25) is 5.78 Å². The number of carbonyl (C=O) groups is 3. The fraction of sp³-hybridized carbons (Fsp3) is 0.513. The van der Waals surface area contributed by atoms with E-state index in [1.807, 2.05) is 52.8 Å². The van der Waals surface area contributed by atoms with Crippen LogP contribution in [0.2, 0.25) is 0 Å². The molecule has 3 aliphatic heterocycles. The Labute approximate surface area is 282 Å². The number of ether oxygens (including phenoxy) is 4. The second-order valence-electron chi connectivity index (χ2n) is 15.2. The molecule has 1 spiro atoms. The molecule has 3 heterocycles. The fourth-order valence-corrected chi connectivity index (χ4v) is 8.38. The van der Waals surface area contributed by atoms with E-state index < -0.39 is 51.5 Å². The molecule has 1 saturated carbocycles. The molecule has 1 saturated heterocycles. The maximum absolute atomic E-state index is 14.9. The average molecular weight is 659 g/mol. The van der Waals surface area contributed by atoms with Gasteiger partial charge in [0.1, 0.15) is 34.0 Å². The number of carboxylic acids is 1. The highest BCUT2D eigenvalue weighted by Gasteiger charge is 2.84. The van der Waals surface area contributed by atoms with Crippen LogP contribution in [0.3, 0.4) is 0 Å². The van der Waals surface area contributed by atoms with E-state index >= 15 is 0 Å². The number of phenolic OH excluding ortho intramolecular Hbond substituents is 1. The van der Waals surface area contributed by atoms with Crippen molar-refractivity contribution in [1.29, 1.82) is 0 Å². The number of ketones is 2. The molecule has 48 heavy (non-hydrogen) atoms. The number of hydrogen-bond donors (Lipinski definition) is 2. The van der Waals surface area contributed by atoms with E-state index in [1.165, 1.54) is 25.7 Å². The Kier molecular flexibility index (Phi) is 7.80. The summed E-state index contributed by atoms with van der Waals surface area (Å²) in [6.45, 7) is 15.2. The van der Waals surface area contributed by atoms with Crippen LogP contribution >= 0.6 is 0 Å². The Morgan fingerprint density at radius 1 is 1.02 bits per heavy atom. The maximum atomic E-state index is 14.9. The van der Waals surface area contributed by atoms with Gasteiger partial charge < -0.3 is 29.2 Å². The lowest BCUT2D eigenvalue weighted by Crippen LogP contribution is -2.77. The Bertz CT molecular complexity index is 1800. The van der Waals surface area contributed by atoms with Gasteiger partial charge >= 0.3 is 5.97 Å². The van der Waals surface area contributed by atoms with E-state index in [2.05, 4.69) is 19.9 Å². The number of fused-ring (bicyclic) bond motifs is 2. The molecular weight excluding hydrogens is 612 g/mol. The van der Waals surface area contributed by atoms with Crippen molar-refractivity contribution in [3.05, 3.63) is 69.4 Å². The highest BCUT2D eigenvalue weighted by atomic mass is 16.6. The van der Waals surface area contributed by atoms with Gasteiger partial charge in [-0.3, -0.25) is 9.59 Å². The molecule has 1 aromatic carbocycles. The second-order valence-corrected chi connectivity index (χ2v) is 15.2. The zero-order valence-electron chi connectivity index (χ0n) is 29.3. The molecule has 1 aromatic rings. The van der Waals surface area contributed by atoms with Crippen molar-refractivity contribution in [2.24, 2.45) is 5.92 Å². The summed E-state index contributed by atoms with van der Waals surface area (Å²) in [5.74, 6) is -2.25. The number of aromatic hydroxyl groups is 1. The number of phenols is 1. The molecule has 6 aliphatic rings. The summed E-state index contributed by atoms with van der Waals surface area (Å²) in [5, 5.41) is 21.6. The standard InChI is InChI=1S/C39H46O9/c1-21(2)11-10-16-36(8)17-15-24-29(40)28-30(41)26-19-37(45-9)20-27-35(6,7)48-38(34(37)44,18-14-23(5)33(42)43)39(26,27)47-32(28)25(31(24)46-36)13-12-22(3)4/h11-12,14-15,17,19,27,40H,10,13,16,18,20H2,1-9H3,(H,42,43)/b23-14-/t27?,36-,37-,38-,39+/m0/s1. The normalized spacial score (nSPS) is 32.0. The Morgan fingerprint density at radius 3 is 2.33 bits per heavy atom. The topological polar surface area (TPSA) is 129 Å². The van der Waals surface area contributed by atoms with Crippen molar-refractivity contribution in [1.82, 2.24) is 0 Å². The Balaban J connectivity index is 1.63. The predicted molar refractivity (Wildman–Crippen MR) is 181 cm³/mol. The van der Waals surface area contributed by atoms with Gasteiger partial charge in [0.05, 0.1) is 11.2 Å². The van der Waals surface area contributed by atoms with Crippen LogP contribution < -0.4 is 9.47 Å². The molecule has 7 rings (SSSR count). The van der Waals surface area contributed by atoms with Gasteiger partial charge in [-0.05, 0) is 99.3 Å². The van der Waals surface area contributed by atoms with Gasteiger partial charge in [-0.1, -0.05) is 29.4 Å². The predicted octanol–water partition coefficient (Wildman–Crippen LogP) is 7.01. The minimum absolute atomic E-state index is 0.0000390. The largest absolute Gasteiger partial charge is 0.506 e. The third-order valence-corrected chi connectivity index (χ3v) is 10.9. The molecule has 4 bridgehead atoms. The van der Waals surface area contributed by atoms with Crippen LogP contribution in [0.25, 0.3) is 6.08 Å². The molecule has 0 amide bonds. The fourth-order valence-electron chi connectivity index (χ4n) is 8.38. The molecule has 9 nitrogen and oxygen atoms in total. The lowest BCUT2D eigenvalue weighted by atomic mass is 9.49. The summed E-state index contributed by atoms with van der Waals surface area (Å²) >= 11 is 0. The van der Waals surface area contributed by atoms with Crippen LogP contribution in [0.1, 0.15) is 103 Å². The number of rotatable bonds is 9. The number of carbonyl (C=O) groups excluding carboxylic acids is 2. The van der Waals surface area contributed by atoms with Crippen LogP contribution in [0.5, 0.6) is 17.2 Å². The molecule has 2 N–H and O–H groups in total. The van der Waals surface area contributed by atoms with E-state index in [0.29, 0.717) is 29.7 Å². The van der Waals surface area contributed by atoms with Gasteiger partial charge in [0, 0.05) is 36.2 Å². The van der Waals surface area contributed by atoms with Crippen molar-refractivity contribution in [3.8, 4) is 17.2 Å². The van der Waals surface area contributed by atoms with Crippen molar-refractivity contribution < 1.29 is 43.5 Å². The van der Waals surface area contributed by atoms with Crippen molar-refractivity contribution >= 4 is 23.6 Å². The van der Waals surface area contributed by atoms with Crippen LogP contribution in [0.15, 0.2) is 52.7 Å². The highest BCUT2D eigenvalue weighted by molar-refractivity contribution is 6.20. The quantitative estimate of drug-likeness (QED) is 0.213. The minimum atomic E-state index is -1.79. The van der Waals surface area contributed by atoms with Crippen LogP contribution in [0, 0.1) is 5.92 Å². The highest BCUT2D eigenvalue weighted by Crippen LogP contribution is 2.70. The Morgan fingerprint density at radius 2 is 1.71 bits per heavy atom. The number of aliphatic carboxylic acids is 1. The molecule has 1 unspecified atom stereocenters. The van der Waals surface area contributed by atoms with E-state index in [-0.39, 0.29) is 41.1 Å². The second kappa shape index (κ2) is 11.0. The van der Waals surface area contributed by atoms with Gasteiger partial charge in [-0.2, -0.15) is 0 Å². The Hall–Kier alpha value is -3.95. The smallest absolute Gasteiger partial charge is 0.330 e. The lowest BCUT2D eigenvalue weighted by Gasteiger charge is -2.59. The van der Waals surface area contributed by atoms with E-state index in [4.69, 9.17) is 18.9 Å². The molecule has 5 atom stereocenters. The lowest BCUT2D eigenvalue weighted by molar-refractivity contribution is -0.190. The van der Waals surface area contributed by atoms with Crippen molar-refractivity contribution in [2.75, 3.05) is 7.11 Å². The molecule has 0 aromatic heterocycles. The summed E-state index contributed by atoms with van der Waals surface area (Å²) in [5.41, 5.74) is -3.15. The molecule has 0 radical (unpaired) electrons. The van der Waals surface area contributed by atoms with E-state index in [1.54, 1.807) is 6.08 Å². The van der Waals surface area contributed by atoms with Crippen molar-refractivity contribution in [2.45, 2.75) is 115 Å². The average Bonchev–Trinajstić information content (AvgIpc) is 3.16. The molecule has 3 aliphatic carbocycles. The SMILES string of the molecule is CO[C@@]12C=C3C(=O)c4c(O)c5c(c(CC=C(C)C)c4O[C@@]34C(C1)C(C)(C)O[C@@]4(C/C=C(/C)C(=O)O)C2=O)O[C@@](C)(CCC=C(C)C)C=C5. The number of allylic oxidation sites excluding steroid dienone is 4. The van der Waals surface area contributed by atoms with Crippen molar-refractivity contribution in [3.63, 3.8) is 0 Å². The number of benzene rings is 1. The third-order valence-electron chi connectivity index (χ3n) is 10.9. The zero-order valence-corrected chi connectivity index (χ0v) is 29.3. The van der Waals surface area contributed by atoms with Gasteiger partial charge in [-0.25, -0.2) is 4.79 Å². The monoisotopic (exact) mass is 658 g/mol. The first kappa shape index (κ1) is 33.9. The van der Waals surface area contributed by atoms with E-state index in [0.717, 1.165) is 12.0 Å². The summed E-state index contributed by atoms with van der Waals surface area (Å²) in [7, 11) is 1.43. The first-order chi connectivity index (χ1) is 22.4. The van der Waals surface area contributed by atoms with Gasteiger partial charge in [0.25, 0.3) is 0 Å². The first-order valence-corrected chi connectivity index (χ1v) is 16.6. The molecule has 256 valence electrons. The third kappa shape index (κ3) is 4.60. The van der Waals surface area contributed by atoms with Crippen LogP contribution in [-0.4, -0.2) is 62.9 Å². The molecule has 9 heteroatoms. The minimum Gasteiger partial charge on any atom is -0.506 e. The van der Waals surface area contributed by atoms with E-state index in [9.17, 15) is 24.6 Å². The summed E-state index contributed by atoms with van der Waals surface area (Å²) in [6.07, 6.45) is 12.8.